The summed E-state index contributed by atoms with van der Waals surface area (Å²) in [6.07, 6.45) is 5.66. The summed E-state index contributed by atoms with van der Waals surface area (Å²) in [7, 11) is 1.88. The maximum Gasteiger partial charge on any atom is 0.202 e. The number of halogens is 3. The Morgan fingerprint density at radius 1 is 1.14 bits per heavy atom. The van der Waals surface area contributed by atoms with Crippen molar-refractivity contribution in [3.63, 3.8) is 0 Å². The molecular weight excluding hydrogens is 461 g/mol. The minimum absolute atomic E-state index is 0.378. The van der Waals surface area contributed by atoms with E-state index in [1.165, 1.54) is 11.1 Å². The molecule has 2 heterocycles. The Morgan fingerprint density at radius 2 is 1.96 bits per heavy atom. The van der Waals surface area contributed by atoms with E-state index in [1.807, 2.05) is 42.2 Å². The molecule has 1 atom stereocenters. The van der Waals surface area contributed by atoms with E-state index in [1.54, 1.807) is 4.57 Å². The van der Waals surface area contributed by atoms with Crippen LogP contribution in [0.5, 0.6) is 5.75 Å². The van der Waals surface area contributed by atoms with Gasteiger partial charge in [0.15, 0.2) is 0 Å². The molecule has 28 heavy (non-hydrogen) atoms. The zero-order valence-corrected chi connectivity index (χ0v) is 18.5. The van der Waals surface area contributed by atoms with E-state index in [-0.39, 0.29) is 0 Å². The van der Waals surface area contributed by atoms with Crippen LogP contribution in [0.15, 0.2) is 47.2 Å². The summed E-state index contributed by atoms with van der Waals surface area (Å²) in [6.45, 7) is 1.33. The highest BCUT2D eigenvalue weighted by Crippen LogP contribution is 2.37. The Bertz CT molecular complexity index is 1090. The summed E-state index contributed by atoms with van der Waals surface area (Å²) in [5.41, 5.74) is 3.99. The molecule has 1 N–H and O–H groups in total. The number of ether oxygens (including phenoxy) is 1. The molecule has 146 valence electrons. The largest absolute Gasteiger partial charge is 0.492 e. The number of nitrogens with zero attached hydrogens (tertiary/aromatic N) is 2. The minimum Gasteiger partial charge on any atom is -0.492 e. The van der Waals surface area contributed by atoms with Crippen LogP contribution in [0.4, 0.5) is 0 Å². The van der Waals surface area contributed by atoms with Crippen molar-refractivity contribution in [1.29, 1.82) is 5.41 Å². The Balaban J connectivity index is 1.55. The molecule has 4 nitrogen and oxygen atoms in total. The van der Waals surface area contributed by atoms with E-state index in [0.717, 1.165) is 28.6 Å². The molecule has 0 fully saturated rings. The van der Waals surface area contributed by atoms with Crippen molar-refractivity contribution < 1.29 is 4.74 Å². The fraction of sp³-hybridized carbons (Fsp3) is 0.286. The second-order valence-electron chi connectivity index (χ2n) is 7.26. The third kappa shape index (κ3) is 4.02. The van der Waals surface area contributed by atoms with Gasteiger partial charge in [0.1, 0.15) is 5.75 Å². The molecule has 0 saturated carbocycles. The van der Waals surface area contributed by atoms with Gasteiger partial charge in [0.25, 0.3) is 0 Å². The number of aryl methyl sites for hydroxylation is 1. The Labute approximate surface area is 182 Å². The maximum absolute atomic E-state index is 8.13. The molecule has 1 aromatic heterocycles. The van der Waals surface area contributed by atoms with Gasteiger partial charge in [0.2, 0.25) is 5.62 Å². The van der Waals surface area contributed by atoms with Gasteiger partial charge in [-0.2, -0.15) is 0 Å². The van der Waals surface area contributed by atoms with Gasteiger partial charge in [-0.3, -0.25) is 5.41 Å². The second-order valence-corrected chi connectivity index (χ2v) is 8.93. The van der Waals surface area contributed by atoms with Crippen molar-refractivity contribution in [3.8, 4) is 5.75 Å². The minimum atomic E-state index is 0.378. The monoisotopic (exact) mass is 479 g/mol. The first-order valence-electron chi connectivity index (χ1n) is 9.05. The SMILES string of the molecule is Cn1ccn(Cc2cc(Br)c3c(c2)CC(Cc2ccc(Cl)c(Cl)c2)CO3)c1=N. The van der Waals surface area contributed by atoms with Gasteiger partial charge in [-0.15, -0.1) is 0 Å². The molecule has 1 unspecified atom stereocenters. The zero-order chi connectivity index (χ0) is 19.8. The van der Waals surface area contributed by atoms with Crippen LogP contribution in [0.2, 0.25) is 10.0 Å². The molecule has 0 radical (unpaired) electrons. The van der Waals surface area contributed by atoms with Crippen LogP contribution in [0.25, 0.3) is 0 Å². The van der Waals surface area contributed by atoms with Gasteiger partial charge in [-0.1, -0.05) is 35.3 Å². The Morgan fingerprint density at radius 3 is 2.68 bits per heavy atom. The molecule has 4 rings (SSSR count). The predicted molar refractivity (Wildman–Crippen MR) is 115 cm³/mol. The summed E-state index contributed by atoms with van der Waals surface area (Å²) in [5, 5.41) is 9.30. The van der Waals surface area contributed by atoms with Crippen LogP contribution in [0.3, 0.4) is 0 Å². The van der Waals surface area contributed by atoms with Crippen molar-refractivity contribution in [2.45, 2.75) is 19.4 Å². The molecule has 0 spiro atoms. The van der Waals surface area contributed by atoms with Gasteiger partial charge in [0.05, 0.1) is 27.7 Å². The first kappa shape index (κ1) is 19.6. The Hall–Kier alpha value is -1.69. The fourth-order valence-electron chi connectivity index (χ4n) is 3.67. The van der Waals surface area contributed by atoms with Crippen LogP contribution < -0.4 is 10.4 Å². The molecule has 2 aromatic carbocycles. The lowest BCUT2D eigenvalue weighted by Gasteiger charge is -2.27. The zero-order valence-electron chi connectivity index (χ0n) is 15.4. The van der Waals surface area contributed by atoms with Crippen molar-refractivity contribution in [2.24, 2.45) is 13.0 Å². The molecule has 1 aliphatic heterocycles. The lowest BCUT2D eigenvalue weighted by molar-refractivity contribution is 0.220. The van der Waals surface area contributed by atoms with Crippen LogP contribution in [-0.2, 0) is 26.4 Å². The third-order valence-corrected chi connectivity index (χ3v) is 6.42. The number of fused-ring (bicyclic) bond motifs is 1. The average Bonchev–Trinajstić information content (AvgIpc) is 2.97. The molecule has 7 heteroatoms. The summed E-state index contributed by atoms with van der Waals surface area (Å²) < 4.78 is 10.8. The van der Waals surface area contributed by atoms with Crippen LogP contribution >= 0.6 is 39.1 Å². The Kier molecular flexibility index (Phi) is 5.59. The van der Waals surface area contributed by atoms with Gasteiger partial charge in [-0.25, -0.2) is 0 Å². The molecule has 0 amide bonds. The molecule has 0 saturated heterocycles. The summed E-state index contributed by atoms with van der Waals surface area (Å²) in [5.74, 6) is 1.31. The van der Waals surface area contributed by atoms with Crippen molar-refractivity contribution in [1.82, 2.24) is 9.13 Å². The molecule has 1 aliphatic rings. The van der Waals surface area contributed by atoms with E-state index < -0.39 is 0 Å². The molecular formula is C21H20BrCl2N3O. The quantitative estimate of drug-likeness (QED) is 0.546. The van der Waals surface area contributed by atoms with Gasteiger partial charge in [-0.05, 0) is 63.7 Å². The van der Waals surface area contributed by atoms with Crippen molar-refractivity contribution in [3.05, 3.63) is 79.6 Å². The number of hydrogen-bond acceptors (Lipinski definition) is 2. The van der Waals surface area contributed by atoms with Crippen molar-refractivity contribution in [2.75, 3.05) is 6.61 Å². The standard InChI is InChI=1S/C21H20BrCl2N3O/c1-26-4-5-27(21(26)25)11-14-7-16-8-15(12-28-20(16)17(22)9-14)6-13-2-3-18(23)19(24)10-13/h2-5,7,9-10,15,25H,6,8,11-12H2,1H3. The number of rotatable bonds is 4. The van der Waals surface area contributed by atoms with Gasteiger partial charge in [0, 0.05) is 25.4 Å². The van der Waals surface area contributed by atoms with Crippen LogP contribution in [0.1, 0.15) is 16.7 Å². The summed E-state index contributed by atoms with van der Waals surface area (Å²) >= 11 is 15.8. The molecule has 0 aliphatic carbocycles. The van der Waals surface area contributed by atoms with Gasteiger partial charge < -0.3 is 13.9 Å². The topological polar surface area (TPSA) is 42.9 Å². The number of nitrogens with one attached hydrogen (secondary N) is 1. The third-order valence-electron chi connectivity index (χ3n) is 5.09. The van der Waals surface area contributed by atoms with E-state index >= 15 is 0 Å². The average molecular weight is 481 g/mol. The normalized spacial score (nSPS) is 15.9. The second kappa shape index (κ2) is 7.97. The lowest BCUT2D eigenvalue weighted by atomic mass is 9.90. The van der Waals surface area contributed by atoms with Crippen molar-refractivity contribution >= 4 is 39.1 Å². The smallest absolute Gasteiger partial charge is 0.202 e. The fourth-order valence-corrected chi connectivity index (χ4v) is 4.65. The van der Waals surface area contributed by atoms with E-state index in [9.17, 15) is 0 Å². The maximum atomic E-state index is 8.13. The van der Waals surface area contributed by atoms with Crippen LogP contribution in [0, 0.1) is 11.3 Å². The first-order chi connectivity index (χ1) is 13.4. The highest BCUT2D eigenvalue weighted by molar-refractivity contribution is 9.10. The molecule has 0 bridgehead atoms. The summed E-state index contributed by atoms with van der Waals surface area (Å²) in [4.78, 5) is 0. The number of aromatic nitrogens is 2. The number of imidazole rings is 1. The highest BCUT2D eigenvalue weighted by atomic mass is 79.9. The van der Waals surface area contributed by atoms with Crippen LogP contribution in [-0.4, -0.2) is 15.7 Å². The highest BCUT2D eigenvalue weighted by Gasteiger charge is 2.23. The lowest BCUT2D eigenvalue weighted by Crippen LogP contribution is -2.24. The van der Waals surface area contributed by atoms with E-state index in [0.29, 0.717) is 34.7 Å². The predicted octanol–water partition coefficient (Wildman–Crippen LogP) is 5.22. The number of benzene rings is 2. The molecule has 3 aromatic rings. The first-order valence-corrected chi connectivity index (χ1v) is 10.6. The van der Waals surface area contributed by atoms with E-state index in [4.69, 9.17) is 33.3 Å². The van der Waals surface area contributed by atoms with Gasteiger partial charge >= 0.3 is 0 Å². The van der Waals surface area contributed by atoms with E-state index in [2.05, 4.69) is 28.1 Å². The number of hydrogen-bond donors (Lipinski definition) is 1. The summed E-state index contributed by atoms with van der Waals surface area (Å²) in [6, 6.07) is 10.1.